The van der Waals surface area contributed by atoms with Gasteiger partial charge < -0.3 is 23.9 Å². The molecular formula is C49H100N6O6P2S2. The smallest absolute Gasteiger partial charge is 0.197 e. The van der Waals surface area contributed by atoms with Crippen LogP contribution in [0.3, 0.4) is 0 Å². The summed E-state index contributed by atoms with van der Waals surface area (Å²) in [7, 11) is -2.22. The third-order valence-corrected chi connectivity index (χ3v) is 20.2. The molecule has 0 aliphatic carbocycles. The molecule has 0 bridgehead atoms. The van der Waals surface area contributed by atoms with Crippen LogP contribution < -0.4 is 0 Å². The lowest BCUT2D eigenvalue weighted by molar-refractivity contribution is -0.113. The monoisotopic (exact) mass is 995 g/mol. The topological polar surface area (TPSA) is 111 Å². The van der Waals surface area contributed by atoms with Crippen molar-refractivity contribution in [2.45, 2.75) is 249 Å². The van der Waals surface area contributed by atoms with Gasteiger partial charge in [0.25, 0.3) is 0 Å². The van der Waals surface area contributed by atoms with E-state index >= 15 is 0 Å². The molecule has 65 heavy (non-hydrogen) atoms. The fourth-order valence-electron chi connectivity index (χ4n) is 9.16. The van der Waals surface area contributed by atoms with Crippen LogP contribution >= 0.6 is 40.4 Å². The van der Waals surface area contributed by atoms with Crippen molar-refractivity contribution in [2.24, 2.45) is 5.92 Å². The van der Waals surface area contributed by atoms with Crippen molar-refractivity contribution >= 4 is 56.4 Å². The van der Waals surface area contributed by atoms with E-state index in [1.807, 2.05) is 0 Å². The molecule has 1 saturated heterocycles. The minimum Gasteiger partial charge on any atom is -0.370 e. The van der Waals surface area contributed by atoms with Crippen LogP contribution in [-0.2, 0) is 28.1 Å². The molecule has 0 radical (unpaired) electrons. The van der Waals surface area contributed by atoms with Gasteiger partial charge >= 0.3 is 0 Å². The molecule has 5 unspecified atom stereocenters. The molecule has 384 valence electrons. The van der Waals surface area contributed by atoms with E-state index in [2.05, 4.69) is 148 Å². The summed E-state index contributed by atoms with van der Waals surface area (Å²) >= 11 is 2.60. The number of piperidine rings is 1. The summed E-state index contributed by atoms with van der Waals surface area (Å²) < 4.78 is 36.0. The largest absolute Gasteiger partial charge is 0.370 e. The van der Waals surface area contributed by atoms with E-state index in [1.54, 1.807) is 13.8 Å². The number of thioether (sulfide) groups is 2. The summed E-state index contributed by atoms with van der Waals surface area (Å²) in [6.45, 7) is 47.4. The normalized spacial score (nSPS) is 18.4. The first kappa shape index (κ1) is 63.2. The van der Waals surface area contributed by atoms with E-state index in [4.69, 9.17) is 23.9 Å². The average molecular weight is 995 g/mol. The molecule has 1 rings (SSSR count). The second-order valence-corrected chi connectivity index (χ2v) is 26.5. The van der Waals surface area contributed by atoms with Crippen molar-refractivity contribution in [3.8, 4) is 0 Å². The van der Waals surface area contributed by atoms with E-state index in [0.29, 0.717) is 55.7 Å². The highest BCUT2D eigenvalue weighted by atomic mass is 32.2. The van der Waals surface area contributed by atoms with Crippen molar-refractivity contribution < 1.29 is 28.1 Å². The van der Waals surface area contributed by atoms with Crippen LogP contribution in [0.15, 0.2) is 0 Å². The molecule has 0 aromatic carbocycles. The Hall–Kier alpha value is 0.210. The fraction of sp³-hybridized carbons (Fsp3) is 0.939. The molecule has 1 fully saturated rings. The third kappa shape index (κ3) is 22.0. The molecule has 0 aromatic rings. The van der Waals surface area contributed by atoms with Gasteiger partial charge in [0.1, 0.15) is 0 Å². The number of hydrogen-bond donors (Lipinski definition) is 1. The van der Waals surface area contributed by atoms with Gasteiger partial charge in [-0.25, -0.2) is 18.7 Å². The number of ether oxygens (including phenoxy) is 2. The Labute approximate surface area is 411 Å². The van der Waals surface area contributed by atoms with Gasteiger partial charge in [0, 0.05) is 90.4 Å². The van der Waals surface area contributed by atoms with Crippen molar-refractivity contribution in [3.63, 3.8) is 0 Å². The van der Waals surface area contributed by atoms with E-state index in [9.17, 15) is 9.59 Å². The molecule has 1 aliphatic heterocycles. The molecule has 1 aliphatic rings. The molecule has 16 heteroatoms. The van der Waals surface area contributed by atoms with Crippen molar-refractivity contribution in [1.82, 2.24) is 23.6 Å². The van der Waals surface area contributed by atoms with Gasteiger partial charge in [-0.05, 0) is 183 Å². The van der Waals surface area contributed by atoms with Gasteiger partial charge in [-0.3, -0.25) is 14.5 Å². The molecule has 0 spiro atoms. The molecule has 0 aromatic heterocycles. The van der Waals surface area contributed by atoms with Crippen LogP contribution in [0.25, 0.3) is 0 Å². The number of hydrogen-bond acceptors (Lipinski definition) is 14. The van der Waals surface area contributed by atoms with Crippen LogP contribution in [0.4, 0.5) is 0 Å². The van der Waals surface area contributed by atoms with E-state index in [0.717, 1.165) is 32.2 Å². The quantitative estimate of drug-likeness (QED) is 0.0286. The Kier molecular flexibility index (Phi) is 30.7. The molecule has 12 nitrogen and oxygen atoms in total. The Morgan fingerprint density at radius 3 is 1.52 bits per heavy atom. The predicted octanol–water partition coefficient (Wildman–Crippen LogP) is 13.0. The second-order valence-electron chi connectivity index (χ2n) is 21.1. The third-order valence-electron chi connectivity index (χ3n) is 12.3. The molecule has 5 atom stereocenters. The lowest BCUT2D eigenvalue weighted by Crippen LogP contribution is -2.58. The van der Waals surface area contributed by atoms with Crippen molar-refractivity contribution in [1.29, 1.82) is 5.41 Å². The zero-order valence-corrected chi connectivity index (χ0v) is 48.6. The van der Waals surface area contributed by atoms with Gasteiger partial charge in [0.15, 0.2) is 33.9 Å². The highest BCUT2D eigenvalue weighted by molar-refractivity contribution is 8.13. The van der Waals surface area contributed by atoms with E-state index in [1.165, 1.54) is 42.8 Å². The maximum absolute atomic E-state index is 12.9. The van der Waals surface area contributed by atoms with E-state index < -0.39 is 16.9 Å². The summed E-state index contributed by atoms with van der Waals surface area (Å²) in [5, 5.41) is 8.01. The number of carbonyl (C=O) groups is 2. The molecule has 1 N–H and O–H groups in total. The van der Waals surface area contributed by atoms with Gasteiger partial charge in [-0.15, -0.1) is 0 Å². The summed E-state index contributed by atoms with van der Waals surface area (Å²) in [5.41, 5.74) is 0.638. The molecule has 0 saturated carbocycles. The molecule has 1 heterocycles. The minimum atomic E-state index is -1.14. The minimum absolute atomic E-state index is 0.0456. The Morgan fingerprint density at radius 2 is 1.08 bits per heavy atom. The van der Waals surface area contributed by atoms with Gasteiger partial charge in [0.05, 0.1) is 25.1 Å². The Morgan fingerprint density at radius 1 is 0.631 bits per heavy atom. The number of rotatable bonds is 34. The van der Waals surface area contributed by atoms with Crippen LogP contribution in [0.5, 0.6) is 0 Å². The van der Waals surface area contributed by atoms with Crippen LogP contribution in [-0.4, -0.2) is 144 Å². The predicted molar refractivity (Wildman–Crippen MR) is 284 cm³/mol. The number of carbonyl (C=O) groups excluding carboxylic acids is 2. The van der Waals surface area contributed by atoms with Gasteiger partial charge in [-0.1, -0.05) is 23.5 Å². The number of likely N-dealkylation sites (tertiary alicyclic amines) is 1. The van der Waals surface area contributed by atoms with Gasteiger partial charge in [0.2, 0.25) is 0 Å². The number of nitrogens with one attached hydrogen (secondary N) is 1. The SMILES string of the molecule is CC(=N)C(C)C(=O)SCCCOCOP(N(C(C)C)C(C)C)N(C(C)C)C(C)CCC(C)N(C(C)C)P(OCCCOCSC(=O)CCN1C(C)(C)CCCC1(C)C)N(C(C)C)C(C)C. The van der Waals surface area contributed by atoms with Crippen molar-refractivity contribution in [3.05, 3.63) is 0 Å². The van der Waals surface area contributed by atoms with Crippen molar-refractivity contribution in [2.75, 3.05) is 44.9 Å². The summed E-state index contributed by atoms with van der Waals surface area (Å²) in [6, 6.07) is 2.25. The van der Waals surface area contributed by atoms with Crippen LogP contribution in [0, 0.1) is 11.3 Å². The fourth-order valence-corrected chi connectivity index (χ4v) is 15.4. The maximum atomic E-state index is 12.9. The lowest BCUT2D eigenvalue weighted by Gasteiger charge is -2.53. The van der Waals surface area contributed by atoms with Crippen LogP contribution in [0.2, 0.25) is 0 Å². The molecular weight excluding hydrogens is 895 g/mol. The zero-order valence-electron chi connectivity index (χ0n) is 45.2. The second kappa shape index (κ2) is 31.5. The first-order valence-corrected chi connectivity index (χ1v) is 29.3. The Balaban J connectivity index is 2.98. The summed E-state index contributed by atoms with van der Waals surface area (Å²) in [4.78, 5) is 27.8. The first-order chi connectivity index (χ1) is 30.2. The van der Waals surface area contributed by atoms with Crippen LogP contribution in [0.1, 0.15) is 190 Å². The standard InChI is InChI=1S/C49H100N6O6P2S2/c1-36(2)52(37(3)4)62(60-32-22-30-59-35-65-46(56)26-29-51-48(17,18)27-21-28-49(51,19)20)54(40(9)10)42(13)24-25-43(14)55(41(11)12)63(53(38(5)6)39(7)8)61-34-58-31-23-33-64-47(57)44(15)45(16)50/h36-44,50H,21-35H2,1-20H3. The first-order valence-electron chi connectivity index (χ1n) is 25.0. The average Bonchev–Trinajstić information content (AvgIpc) is 3.17. The maximum Gasteiger partial charge on any atom is 0.197 e. The lowest BCUT2D eigenvalue weighted by atomic mass is 9.80. The van der Waals surface area contributed by atoms with Gasteiger partial charge in [-0.2, -0.15) is 0 Å². The zero-order chi connectivity index (χ0) is 49.8. The summed E-state index contributed by atoms with van der Waals surface area (Å²) in [6.07, 6.45) is 7.66. The highest BCUT2D eigenvalue weighted by Gasteiger charge is 2.41. The van der Waals surface area contributed by atoms with E-state index in [-0.39, 0.29) is 70.3 Å². The Bertz CT molecular complexity index is 1330. The summed E-state index contributed by atoms with van der Waals surface area (Å²) in [5.74, 6) is 0.708. The highest BCUT2D eigenvalue weighted by Crippen LogP contribution is 2.53. The number of nitrogens with zero attached hydrogens (tertiary/aromatic N) is 5. The molecule has 0 amide bonds.